The Morgan fingerprint density at radius 3 is 2.70 bits per heavy atom. The van der Waals surface area contributed by atoms with Gasteiger partial charge in [0, 0.05) is 10.9 Å². The average Bonchev–Trinajstić information content (AvgIpc) is 2.76. The summed E-state index contributed by atoms with van der Waals surface area (Å²) in [4.78, 5) is 7.94. The minimum atomic E-state index is 0.692. The standard InChI is InChI=1S/C16H16BrN3/c1-9-3-4-11(5-10(9)2)6-15-19-14-8-12(17)7-13(18)16(14)20-15/h3-5,7-8H,6,18H2,1-2H3,(H,19,20). The molecule has 0 unspecified atom stereocenters. The molecule has 20 heavy (non-hydrogen) atoms. The van der Waals surface area contributed by atoms with Crippen LogP contribution < -0.4 is 5.73 Å². The number of fused-ring (bicyclic) bond motifs is 1. The van der Waals surface area contributed by atoms with Crippen LogP contribution >= 0.6 is 15.9 Å². The maximum absolute atomic E-state index is 6.00. The number of halogens is 1. The zero-order valence-electron chi connectivity index (χ0n) is 11.5. The van der Waals surface area contributed by atoms with Crippen LogP contribution in [0.4, 0.5) is 5.69 Å². The van der Waals surface area contributed by atoms with Gasteiger partial charge in [-0.2, -0.15) is 0 Å². The van der Waals surface area contributed by atoms with Crippen molar-refractivity contribution in [2.75, 3.05) is 5.73 Å². The van der Waals surface area contributed by atoms with E-state index >= 15 is 0 Å². The van der Waals surface area contributed by atoms with Gasteiger partial charge in [0.1, 0.15) is 11.3 Å². The summed E-state index contributed by atoms with van der Waals surface area (Å²) in [6.45, 7) is 4.26. The number of aromatic amines is 1. The van der Waals surface area contributed by atoms with Crippen molar-refractivity contribution in [1.29, 1.82) is 0 Å². The zero-order valence-corrected chi connectivity index (χ0v) is 13.1. The number of aromatic nitrogens is 2. The topological polar surface area (TPSA) is 54.7 Å². The Bertz CT molecular complexity index is 790. The van der Waals surface area contributed by atoms with Gasteiger partial charge in [-0.3, -0.25) is 0 Å². The number of aryl methyl sites for hydroxylation is 2. The first-order chi connectivity index (χ1) is 9.52. The molecule has 0 saturated heterocycles. The maximum Gasteiger partial charge on any atom is 0.112 e. The lowest BCUT2D eigenvalue weighted by Gasteiger charge is -2.03. The highest BCUT2D eigenvalue weighted by Gasteiger charge is 2.08. The first-order valence-electron chi connectivity index (χ1n) is 6.52. The van der Waals surface area contributed by atoms with Gasteiger partial charge in [0.25, 0.3) is 0 Å². The number of nitrogens with one attached hydrogen (secondary N) is 1. The molecule has 0 atom stereocenters. The average molecular weight is 330 g/mol. The molecule has 1 heterocycles. The van der Waals surface area contributed by atoms with E-state index < -0.39 is 0 Å². The quantitative estimate of drug-likeness (QED) is 0.695. The molecule has 102 valence electrons. The van der Waals surface area contributed by atoms with Crippen LogP contribution in [-0.4, -0.2) is 9.97 Å². The van der Waals surface area contributed by atoms with Crippen LogP contribution in [0.3, 0.4) is 0 Å². The van der Waals surface area contributed by atoms with Crippen molar-refractivity contribution in [3.05, 3.63) is 57.3 Å². The molecular formula is C16H16BrN3. The molecular weight excluding hydrogens is 314 g/mol. The molecule has 0 aliphatic heterocycles. The van der Waals surface area contributed by atoms with Crippen molar-refractivity contribution in [2.24, 2.45) is 0 Å². The van der Waals surface area contributed by atoms with E-state index in [4.69, 9.17) is 5.73 Å². The van der Waals surface area contributed by atoms with Crippen molar-refractivity contribution in [1.82, 2.24) is 9.97 Å². The molecule has 0 fully saturated rings. The number of nitrogen functional groups attached to an aromatic ring is 1. The third-order valence-corrected chi connectivity index (χ3v) is 4.03. The van der Waals surface area contributed by atoms with Crippen LogP contribution in [0.15, 0.2) is 34.8 Å². The van der Waals surface area contributed by atoms with Crippen molar-refractivity contribution >= 4 is 32.7 Å². The summed E-state index contributed by atoms with van der Waals surface area (Å²) < 4.78 is 0.962. The molecule has 2 aromatic carbocycles. The fourth-order valence-electron chi connectivity index (χ4n) is 2.35. The van der Waals surface area contributed by atoms with Gasteiger partial charge in [-0.1, -0.05) is 34.1 Å². The Hall–Kier alpha value is -1.81. The minimum Gasteiger partial charge on any atom is -0.397 e. The molecule has 1 aromatic heterocycles. The second-order valence-electron chi connectivity index (χ2n) is 5.17. The lowest BCUT2D eigenvalue weighted by atomic mass is 10.0. The van der Waals surface area contributed by atoms with Crippen LogP contribution in [0, 0.1) is 13.8 Å². The highest BCUT2D eigenvalue weighted by Crippen LogP contribution is 2.25. The minimum absolute atomic E-state index is 0.692. The molecule has 3 nitrogen and oxygen atoms in total. The van der Waals surface area contributed by atoms with Gasteiger partial charge in [-0.25, -0.2) is 4.98 Å². The molecule has 0 amide bonds. The number of nitrogens with two attached hydrogens (primary N) is 1. The molecule has 0 saturated carbocycles. The summed E-state index contributed by atoms with van der Waals surface area (Å²) in [6, 6.07) is 10.4. The third kappa shape index (κ3) is 2.43. The predicted molar refractivity (Wildman–Crippen MR) is 86.9 cm³/mol. The Balaban J connectivity index is 1.98. The van der Waals surface area contributed by atoms with Gasteiger partial charge in [0.15, 0.2) is 0 Å². The number of hydrogen-bond donors (Lipinski definition) is 2. The molecule has 0 bridgehead atoms. The summed E-state index contributed by atoms with van der Waals surface area (Å²) in [6.07, 6.45) is 0.785. The van der Waals surface area contributed by atoms with E-state index in [1.807, 2.05) is 12.1 Å². The number of rotatable bonds is 2. The van der Waals surface area contributed by atoms with Gasteiger partial charge >= 0.3 is 0 Å². The number of imidazole rings is 1. The van der Waals surface area contributed by atoms with Crippen molar-refractivity contribution < 1.29 is 0 Å². The summed E-state index contributed by atoms with van der Waals surface area (Å²) in [5.74, 6) is 0.938. The largest absolute Gasteiger partial charge is 0.397 e. The van der Waals surface area contributed by atoms with Crippen LogP contribution in [0.2, 0.25) is 0 Å². The van der Waals surface area contributed by atoms with Gasteiger partial charge in [0.2, 0.25) is 0 Å². The van der Waals surface area contributed by atoms with Crippen LogP contribution in [0.5, 0.6) is 0 Å². The normalized spacial score (nSPS) is 11.2. The second-order valence-corrected chi connectivity index (χ2v) is 6.09. The molecule has 0 aliphatic carbocycles. The molecule has 0 radical (unpaired) electrons. The number of anilines is 1. The summed E-state index contributed by atoms with van der Waals surface area (Å²) in [5, 5.41) is 0. The monoisotopic (exact) mass is 329 g/mol. The lowest BCUT2D eigenvalue weighted by molar-refractivity contribution is 1.03. The third-order valence-electron chi connectivity index (χ3n) is 3.57. The van der Waals surface area contributed by atoms with Gasteiger partial charge in [-0.05, 0) is 42.7 Å². The van der Waals surface area contributed by atoms with E-state index in [0.717, 1.165) is 27.8 Å². The van der Waals surface area contributed by atoms with Gasteiger partial charge < -0.3 is 10.7 Å². The first kappa shape index (κ1) is 13.2. The molecule has 3 rings (SSSR count). The van der Waals surface area contributed by atoms with Crippen molar-refractivity contribution in [3.63, 3.8) is 0 Å². The van der Waals surface area contributed by atoms with E-state index in [9.17, 15) is 0 Å². The molecule has 0 spiro atoms. The van der Waals surface area contributed by atoms with Crippen molar-refractivity contribution in [2.45, 2.75) is 20.3 Å². The van der Waals surface area contributed by atoms with Crippen LogP contribution in [0.1, 0.15) is 22.5 Å². The number of nitrogens with zero attached hydrogens (tertiary/aromatic N) is 1. The lowest BCUT2D eigenvalue weighted by Crippen LogP contribution is -1.92. The van der Waals surface area contributed by atoms with E-state index in [0.29, 0.717) is 5.69 Å². The highest BCUT2D eigenvalue weighted by atomic mass is 79.9. The first-order valence-corrected chi connectivity index (χ1v) is 7.32. The zero-order chi connectivity index (χ0) is 14.3. The van der Waals surface area contributed by atoms with Crippen molar-refractivity contribution in [3.8, 4) is 0 Å². The number of H-pyrrole nitrogens is 1. The molecule has 3 aromatic rings. The number of hydrogen-bond acceptors (Lipinski definition) is 2. The summed E-state index contributed by atoms with van der Waals surface area (Å²) >= 11 is 3.45. The Morgan fingerprint density at radius 2 is 1.95 bits per heavy atom. The Kier molecular flexibility index (Phi) is 3.26. The van der Waals surface area contributed by atoms with E-state index in [-0.39, 0.29) is 0 Å². The smallest absolute Gasteiger partial charge is 0.112 e. The second kappa shape index (κ2) is 4.94. The predicted octanol–water partition coefficient (Wildman–Crippen LogP) is 4.12. The summed E-state index contributed by atoms with van der Waals surface area (Å²) in [5.41, 5.74) is 12.4. The fraction of sp³-hybridized carbons (Fsp3) is 0.188. The summed E-state index contributed by atoms with van der Waals surface area (Å²) in [7, 11) is 0. The Morgan fingerprint density at radius 1 is 1.15 bits per heavy atom. The Labute approximate surface area is 126 Å². The number of benzene rings is 2. The molecule has 4 heteroatoms. The van der Waals surface area contributed by atoms with Gasteiger partial charge in [-0.15, -0.1) is 0 Å². The van der Waals surface area contributed by atoms with Gasteiger partial charge in [0.05, 0.1) is 11.2 Å². The SMILES string of the molecule is Cc1ccc(Cc2nc3c(N)cc(Br)cc3[nH]2)cc1C. The fourth-order valence-corrected chi connectivity index (χ4v) is 2.82. The van der Waals surface area contributed by atoms with E-state index in [1.54, 1.807) is 0 Å². The highest BCUT2D eigenvalue weighted by molar-refractivity contribution is 9.10. The van der Waals surface area contributed by atoms with E-state index in [2.05, 4.69) is 57.9 Å². The maximum atomic E-state index is 6.00. The van der Waals surface area contributed by atoms with E-state index in [1.165, 1.54) is 16.7 Å². The molecule has 3 N–H and O–H groups in total. The van der Waals surface area contributed by atoms with Crippen LogP contribution in [0.25, 0.3) is 11.0 Å². The van der Waals surface area contributed by atoms with Crippen LogP contribution in [-0.2, 0) is 6.42 Å². The molecule has 0 aliphatic rings.